The van der Waals surface area contributed by atoms with E-state index in [9.17, 15) is 8.42 Å². The van der Waals surface area contributed by atoms with Crippen molar-refractivity contribution in [1.29, 1.82) is 0 Å². The minimum Gasteiger partial charge on any atom is -0.338 e. The molecule has 0 radical (unpaired) electrons. The summed E-state index contributed by atoms with van der Waals surface area (Å²) in [5.74, 6) is 0.264. The highest BCUT2D eigenvalue weighted by molar-refractivity contribution is 7.92. The Bertz CT molecular complexity index is 810. The van der Waals surface area contributed by atoms with Gasteiger partial charge < -0.3 is 4.52 Å². The van der Waals surface area contributed by atoms with Crippen molar-refractivity contribution in [3.63, 3.8) is 0 Å². The third-order valence-corrected chi connectivity index (χ3v) is 5.08. The first-order valence-electron chi connectivity index (χ1n) is 7.49. The Morgan fingerprint density at radius 1 is 1.26 bits per heavy atom. The van der Waals surface area contributed by atoms with Crippen molar-refractivity contribution in [2.75, 3.05) is 4.72 Å². The summed E-state index contributed by atoms with van der Waals surface area (Å²) in [6, 6.07) is 1.60. The highest BCUT2D eigenvalue weighted by Gasteiger charge is 2.29. The van der Waals surface area contributed by atoms with Gasteiger partial charge in [0.2, 0.25) is 5.88 Å². The van der Waals surface area contributed by atoms with Crippen LogP contribution in [0.2, 0.25) is 0 Å². The second-order valence-corrected chi connectivity index (χ2v) is 8.58. The largest absolute Gasteiger partial charge is 0.338 e. The summed E-state index contributed by atoms with van der Waals surface area (Å²) in [4.78, 5) is 0.176. The molecule has 0 spiro atoms. The molecule has 8 heteroatoms. The van der Waals surface area contributed by atoms with Crippen LogP contribution in [0.1, 0.15) is 57.6 Å². The van der Waals surface area contributed by atoms with Gasteiger partial charge in [0.25, 0.3) is 10.0 Å². The first-order chi connectivity index (χ1) is 10.4. The van der Waals surface area contributed by atoms with E-state index in [-0.39, 0.29) is 22.2 Å². The fourth-order valence-electron chi connectivity index (χ4n) is 2.46. The van der Waals surface area contributed by atoms with Crippen LogP contribution < -0.4 is 4.72 Å². The van der Waals surface area contributed by atoms with Gasteiger partial charge in [0, 0.05) is 6.07 Å². The lowest BCUT2D eigenvalue weighted by Crippen LogP contribution is -2.25. The van der Waals surface area contributed by atoms with Crippen LogP contribution in [-0.4, -0.2) is 23.4 Å². The predicted octanol–water partition coefficient (Wildman–Crippen LogP) is 3.17. The molecule has 0 atom stereocenters. The summed E-state index contributed by atoms with van der Waals surface area (Å²) < 4.78 is 34.7. The quantitative estimate of drug-likeness (QED) is 0.923. The predicted molar refractivity (Wildman–Crippen MR) is 88.1 cm³/mol. The Morgan fingerprint density at radius 2 is 1.87 bits per heavy atom. The number of aryl methyl sites for hydroxylation is 1. The molecule has 1 N–H and O–H groups in total. The molecule has 2 rings (SSSR count). The lowest BCUT2D eigenvalue weighted by molar-refractivity contribution is 0.345. The van der Waals surface area contributed by atoms with Crippen molar-refractivity contribution in [2.24, 2.45) is 0 Å². The maximum atomic E-state index is 12.7. The van der Waals surface area contributed by atoms with Gasteiger partial charge in [-0.15, -0.1) is 0 Å². The zero-order valence-corrected chi connectivity index (χ0v) is 15.4. The molecule has 0 amide bonds. The average Bonchev–Trinajstić information content (AvgIpc) is 2.93. The van der Waals surface area contributed by atoms with E-state index in [4.69, 9.17) is 4.52 Å². The maximum Gasteiger partial charge on any atom is 0.267 e. The van der Waals surface area contributed by atoms with E-state index in [1.165, 1.54) is 0 Å². The van der Waals surface area contributed by atoms with Crippen molar-refractivity contribution in [1.82, 2.24) is 14.9 Å². The molecule has 7 nitrogen and oxygen atoms in total. The summed E-state index contributed by atoms with van der Waals surface area (Å²) in [7, 11) is -3.79. The average molecular weight is 340 g/mol. The minimum absolute atomic E-state index is 0.107. The van der Waals surface area contributed by atoms with E-state index in [1.807, 2.05) is 34.6 Å². The van der Waals surface area contributed by atoms with Gasteiger partial charge in [0.15, 0.2) is 0 Å². The monoisotopic (exact) mass is 340 g/mol. The number of aromatic nitrogens is 3. The molecule has 0 saturated heterocycles. The van der Waals surface area contributed by atoms with E-state index in [0.29, 0.717) is 17.1 Å². The van der Waals surface area contributed by atoms with Crippen LogP contribution in [0.4, 0.5) is 5.88 Å². The van der Waals surface area contributed by atoms with Crippen LogP contribution in [0, 0.1) is 13.8 Å². The molecule has 0 fully saturated rings. The summed E-state index contributed by atoms with van der Waals surface area (Å²) in [6.45, 7) is 13.3. The number of nitrogens with zero attached hydrogens (tertiary/aromatic N) is 3. The van der Waals surface area contributed by atoms with Gasteiger partial charge in [-0.2, -0.15) is 5.10 Å². The first-order valence-corrected chi connectivity index (χ1v) is 8.98. The van der Waals surface area contributed by atoms with Gasteiger partial charge in [0.1, 0.15) is 4.90 Å². The third kappa shape index (κ3) is 3.41. The van der Waals surface area contributed by atoms with Crippen molar-refractivity contribution in [2.45, 2.75) is 64.8 Å². The van der Waals surface area contributed by atoms with E-state index in [0.717, 1.165) is 0 Å². The lowest BCUT2D eigenvalue weighted by atomic mass is 10.1. The van der Waals surface area contributed by atoms with Crippen molar-refractivity contribution in [3.8, 4) is 0 Å². The van der Waals surface area contributed by atoms with Crippen LogP contribution in [0.3, 0.4) is 0 Å². The first kappa shape index (κ1) is 17.5. The second-order valence-electron chi connectivity index (χ2n) is 6.96. The van der Waals surface area contributed by atoms with E-state index in [2.05, 4.69) is 15.0 Å². The summed E-state index contributed by atoms with van der Waals surface area (Å²) in [5, 5.41) is 8.23. The van der Waals surface area contributed by atoms with Crippen LogP contribution in [0.25, 0.3) is 0 Å². The van der Waals surface area contributed by atoms with E-state index in [1.54, 1.807) is 24.6 Å². The van der Waals surface area contributed by atoms with Crippen LogP contribution in [0.5, 0.6) is 0 Å². The van der Waals surface area contributed by atoms with E-state index < -0.39 is 10.0 Å². The van der Waals surface area contributed by atoms with Crippen LogP contribution in [-0.2, 0) is 15.6 Å². The number of rotatable bonds is 4. The molecule has 0 bridgehead atoms. The van der Waals surface area contributed by atoms with Crippen LogP contribution in [0.15, 0.2) is 15.5 Å². The molecule has 0 aromatic carbocycles. The smallest absolute Gasteiger partial charge is 0.267 e. The Balaban J connectivity index is 2.42. The van der Waals surface area contributed by atoms with Gasteiger partial charge in [-0.05, 0) is 40.5 Å². The van der Waals surface area contributed by atoms with E-state index >= 15 is 0 Å². The standard InChI is InChI=1S/C15H24N4O3S/c1-9(2)12-8-13(22-17-12)18-23(20,21)14-10(3)16-19(11(14)4)15(5,6)7/h8-9,18H,1-7H3. The topological polar surface area (TPSA) is 90.0 Å². The highest BCUT2D eigenvalue weighted by Crippen LogP contribution is 2.27. The zero-order valence-electron chi connectivity index (χ0n) is 14.6. The third-order valence-electron chi connectivity index (χ3n) is 3.48. The molecule has 0 aliphatic heterocycles. The lowest BCUT2D eigenvalue weighted by Gasteiger charge is -2.21. The molecule has 2 aromatic heterocycles. The maximum absolute atomic E-state index is 12.7. The fraction of sp³-hybridized carbons (Fsp3) is 0.600. The van der Waals surface area contributed by atoms with Gasteiger partial charge in [-0.3, -0.25) is 4.68 Å². The molecular formula is C15H24N4O3S. The SMILES string of the molecule is Cc1nn(C(C)(C)C)c(C)c1S(=O)(=O)Nc1cc(C(C)C)no1. The van der Waals surface area contributed by atoms with Crippen molar-refractivity contribution in [3.05, 3.63) is 23.1 Å². The Morgan fingerprint density at radius 3 is 2.30 bits per heavy atom. The second kappa shape index (κ2) is 5.67. The molecule has 128 valence electrons. The molecule has 0 saturated carbocycles. The van der Waals surface area contributed by atoms with Crippen molar-refractivity contribution >= 4 is 15.9 Å². The summed E-state index contributed by atoms with van der Waals surface area (Å²) >= 11 is 0. The highest BCUT2D eigenvalue weighted by atomic mass is 32.2. The normalized spacial score (nSPS) is 12.9. The Kier molecular flexibility index (Phi) is 4.32. The van der Waals surface area contributed by atoms with Crippen molar-refractivity contribution < 1.29 is 12.9 Å². The zero-order chi connectivity index (χ0) is 17.6. The number of anilines is 1. The molecule has 0 aliphatic carbocycles. The van der Waals surface area contributed by atoms with Gasteiger partial charge in [-0.25, -0.2) is 13.1 Å². The Labute approximate surface area is 137 Å². The van der Waals surface area contributed by atoms with Gasteiger partial charge >= 0.3 is 0 Å². The summed E-state index contributed by atoms with van der Waals surface area (Å²) in [6.07, 6.45) is 0. The molecule has 2 heterocycles. The van der Waals surface area contributed by atoms with Gasteiger partial charge in [0.05, 0.1) is 22.6 Å². The molecular weight excluding hydrogens is 316 g/mol. The molecule has 0 aliphatic rings. The molecule has 2 aromatic rings. The number of sulfonamides is 1. The number of hydrogen-bond acceptors (Lipinski definition) is 5. The molecule has 23 heavy (non-hydrogen) atoms. The number of hydrogen-bond donors (Lipinski definition) is 1. The summed E-state index contributed by atoms with van der Waals surface area (Å²) in [5.41, 5.74) is 1.43. The minimum atomic E-state index is -3.79. The fourth-order valence-corrected chi connectivity index (χ4v) is 3.83. The number of nitrogens with one attached hydrogen (secondary N) is 1. The molecule has 0 unspecified atom stereocenters. The Hall–Kier alpha value is -1.83. The van der Waals surface area contributed by atoms with Crippen LogP contribution >= 0.6 is 0 Å². The van der Waals surface area contributed by atoms with Gasteiger partial charge in [-0.1, -0.05) is 19.0 Å².